The molecule has 2 N–H and O–H groups in total. The lowest BCUT2D eigenvalue weighted by Gasteiger charge is -2.32. The number of aliphatic imine (C=N–C) groups is 1. The number of aromatic nitrogens is 1. The van der Waals surface area contributed by atoms with Crippen LogP contribution in [0.4, 0.5) is 0 Å². The SMILES string of the molecule is CCNC(=NCc1ccc(OCC)c(C)c1)NC1CCN(Cc2ccccn2)CC1. The summed E-state index contributed by atoms with van der Waals surface area (Å²) in [4.78, 5) is 11.7. The molecule has 1 aromatic carbocycles. The number of hydrogen-bond donors (Lipinski definition) is 2. The summed E-state index contributed by atoms with van der Waals surface area (Å²) < 4.78 is 5.63. The first-order valence-electron chi connectivity index (χ1n) is 11.1. The second-order valence-electron chi connectivity index (χ2n) is 7.74. The normalized spacial score (nSPS) is 15.8. The van der Waals surface area contributed by atoms with Crippen LogP contribution < -0.4 is 15.4 Å². The summed E-state index contributed by atoms with van der Waals surface area (Å²) in [6.45, 7) is 11.5. The number of aryl methyl sites for hydroxylation is 1. The number of guanidine groups is 1. The lowest BCUT2D eigenvalue weighted by Crippen LogP contribution is -2.48. The first-order valence-corrected chi connectivity index (χ1v) is 11.1. The van der Waals surface area contributed by atoms with Crippen molar-refractivity contribution >= 4 is 5.96 Å². The van der Waals surface area contributed by atoms with E-state index in [0.717, 1.165) is 62.0 Å². The van der Waals surface area contributed by atoms with Crippen LogP contribution in [0.2, 0.25) is 0 Å². The second-order valence-corrected chi connectivity index (χ2v) is 7.74. The van der Waals surface area contributed by atoms with E-state index in [1.165, 1.54) is 5.56 Å². The molecule has 0 aliphatic carbocycles. The van der Waals surface area contributed by atoms with Crippen LogP contribution >= 0.6 is 0 Å². The average Bonchev–Trinajstić information content (AvgIpc) is 2.76. The topological polar surface area (TPSA) is 61.8 Å². The molecular weight excluding hydrogens is 374 g/mol. The van der Waals surface area contributed by atoms with E-state index in [2.05, 4.69) is 58.6 Å². The minimum Gasteiger partial charge on any atom is -0.494 e. The van der Waals surface area contributed by atoms with E-state index in [0.29, 0.717) is 19.2 Å². The number of pyridine rings is 1. The van der Waals surface area contributed by atoms with Gasteiger partial charge in [-0.25, -0.2) is 4.99 Å². The van der Waals surface area contributed by atoms with Gasteiger partial charge in [0.15, 0.2) is 5.96 Å². The van der Waals surface area contributed by atoms with E-state index in [9.17, 15) is 0 Å². The third-order valence-corrected chi connectivity index (χ3v) is 5.34. The molecule has 0 spiro atoms. The predicted molar refractivity (Wildman–Crippen MR) is 123 cm³/mol. The van der Waals surface area contributed by atoms with Crippen molar-refractivity contribution in [1.29, 1.82) is 0 Å². The minimum absolute atomic E-state index is 0.449. The Labute approximate surface area is 180 Å². The van der Waals surface area contributed by atoms with Crippen LogP contribution in [0.25, 0.3) is 0 Å². The largest absolute Gasteiger partial charge is 0.494 e. The van der Waals surface area contributed by atoms with Crippen LogP contribution in [-0.2, 0) is 13.1 Å². The molecule has 3 rings (SSSR count). The van der Waals surface area contributed by atoms with Crippen molar-refractivity contribution in [3.8, 4) is 5.75 Å². The van der Waals surface area contributed by atoms with Crippen molar-refractivity contribution in [2.45, 2.75) is 52.7 Å². The highest BCUT2D eigenvalue weighted by Crippen LogP contribution is 2.19. The molecule has 0 unspecified atom stereocenters. The fourth-order valence-electron chi connectivity index (χ4n) is 3.77. The summed E-state index contributed by atoms with van der Waals surface area (Å²) in [5.41, 5.74) is 3.49. The molecule has 30 heavy (non-hydrogen) atoms. The van der Waals surface area contributed by atoms with Crippen molar-refractivity contribution in [2.75, 3.05) is 26.2 Å². The highest BCUT2D eigenvalue weighted by molar-refractivity contribution is 5.80. The average molecular weight is 410 g/mol. The van der Waals surface area contributed by atoms with Gasteiger partial charge in [-0.3, -0.25) is 9.88 Å². The lowest BCUT2D eigenvalue weighted by atomic mass is 10.0. The standard InChI is InChI=1S/C24H35N5O/c1-4-25-24(27-17-20-9-10-23(30-5-2)19(3)16-20)28-21-11-14-29(15-12-21)18-22-8-6-7-13-26-22/h6-10,13,16,21H,4-5,11-12,14-15,17-18H2,1-3H3,(H2,25,27,28). The molecule has 0 atom stereocenters. The Morgan fingerprint density at radius 3 is 2.70 bits per heavy atom. The van der Waals surface area contributed by atoms with Crippen molar-refractivity contribution in [1.82, 2.24) is 20.5 Å². The Kier molecular flexibility index (Phi) is 8.51. The number of ether oxygens (including phenoxy) is 1. The maximum atomic E-state index is 5.63. The van der Waals surface area contributed by atoms with Gasteiger partial charge in [-0.05, 0) is 62.9 Å². The van der Waals surface area contributed by atoms with Gasteiger partial charge < -0.3 is 15.4 Å². The van der Waals surface area contributed by atoms with Gasteiger partial charge in [0.05, 0.1) is 18.8 Å². The molecule has 2 aromatic rings. The maximum absolute atomic E-state index is 5.63. The van der Waals surface area contributed by atoms with Crippen molar-refractivity contribution in [3.63, 3.8) is 0 Å². The third kappa shape index (κ3) is 6.73. The zero-order valence-corrected chi connectivity index (χ0v) is 18.5. The zero-order valence-electron chi connectivity index (χ0n) is 18.5. The van der Waals surface area contributed by atoms with Crippen LogP contribution in [0.3, 0.4) is 0 Å². The van der Waals surface area contributed by atoms with Gasteiger partial charge in [-0.2, -0.15) is 0 Å². The molecule has 6 nitrogen and oxygen atoms in total. The Morgan fingerprint density at radius 2 is 2.03 bits per heavy atom. The number of piperidine rings is 1. The van der Waals surface area contributed by atoms with Gasteiger partial charge in [-0.15, -0.1) is 0 Å². The Morgan fingerprint density at radius 1 is 1.20 bits per heavy atom. The summed E-state index contributed by atoms with van der Waals surface area (Å²) in [5.74, 6) is 1.85. The predicted octanol–water partition coefficient (Wildman–Crippen LogP) is 3.51. The van der Waals surface area contributed by atoms with Gasteiger partial charge >= 0.3 is 0 Å². The monoisotopic (exact) mass is 409 g/mol. The number of nitrogens with one attached hydrogen (secondary N) is 2. The number of hydrogen-bond acceptors (Lipinski definition) is 4. The molecule has 1 fully saturated rings. The first kappa shape index (κ1) is 22.1. The quantitative estimate of drug-likeness (QED) is 0.516. The summed E-state index contributed by atoms with van der Waals surface area (Å²) in [6.07, 6.45) is 4.09. The van der Waals surface area contributed by atoms with E-state index < -0.39 is 0 Å². The number of benzene rings is 1. The van der Waals surface area contributed by atoms with Crippen molar-refractivity contribution in [3.05, 3.63) is 59.4 Å². The van der Waals surface area contributed by atoms with Gasteiger partial charge in [0.1, 0.15) is 5.75 Å². The smallest absolute Gasteiger partial charge is 0.191 e. The molecule has 0 bridgehead atoms. The molecule has 1 saturated heterocycles. The zero-order chi connectivity index (χ0) is 21.2. The molecule has 1 aliphatic rings. The van der Waals surface area contributed by atoms with E-state index in [1.807, 2.05) is 25.3 Å². The summed E-state index contributed by atoms with van der Waals surface area (Å²) >= 11 is 0. The molecule has 6 heteroatoms. The van der Waals surface area contributed by atoms with Gasteiger partial charge in [0.25, 0.3) is 0 Å². The fraction of sp³-hybridized carbons (Fsp3) is 0.500. The van der Waals surface area contributed by atoms with Gasteiger partial charge in [0, 0.05) is 38.4 Å². The van der Waals surface area contributed by atoms with Crippen LogP contribution in [0.15, 0.2) is 47.6 Å². The van der Waals surface area contributed by atoms with Crippen molar-refractivity contribution in [2.24, 2.45) is 4.99 Å². The van der Waals surface area contributed by atoms with Crippen LogP contribution in [0.5, 0.6) is 5.75 Å². The first-order chi connectivity index (χ1) is 14.7. The molecule has 2 heterocycles. The van der Waals surface area contributed by atoms with Gasteiger partial charge in [-0.1, -0.05) is 18.2 Å². The van der Waals surface area contributed by atoms with E-state index in [1.54, 1.807) is 0 Å². The third-order valence-electron chi connectivity index (χ3n) is 5.34. The molecule has 1 aliphatic heterocycles. The summed E-state index contributed by atoms with van der Waals surface area (Å²) in [6, 6.07) is 12.9. The molecular formula is C24H35N5O. The highest BCUT2D eigenvalue weighted by atomic mass is 16.5. The van der Waals surface area contributed by atoms with Crippen LogP contribution in [-0.4, -0.2) is 48.1 Å². The van der Waals surface area contributed by atoms with E-state index >= 15 is 0 Å². The Bertz CT molecular complexity index is 800. The maximum Gasteiger partial charge on any atom is 0.191 e. The number of likely N-dealkylation sites (tertiary alicyclic amines) is 1. The number of nitrogens with zero attached hydrogens (tertiary/aromatic N) is 3. The summed E-state index contributed by atoms with van der Waals surface area (Å²) in [5, 5.41) is 7.02. The Hall–Kier alpha value is -2.60. The van der Waals surface area contributed by atoms with Crippen molar-refractivity contribution < 1.29 is 4.74 Å². The van der Waals surface area contributed by atoms with E-state index in [4.69, 9.17) is 9.73 Å². The Balaban J connectivity index is 1.51. The van der Waals surface area contributed by atoms with Gasteiger partial charge in [0.2, 0.25) is 0 Å². The lowest BCUT2D eigenvalue weighted by molar-refractivity contribution is 0.196. The molecule has 0 saturated carbocycles. The fourth-order valence-corrected chi connectivity index (χ4v) is 3.77. The van der Waals surface area contributed by atoms with E-state index in [-0.39, 0.29) is 0 Å². The molecule has 0 radical (unpaired) electrons. The second kappa shape index (κ2) is 11.6. The summed E-state index contributed by atoms with van der Waals surface area (Å²) in [7, 11) is 0. The molecule has 1 aromatic heterocycles. The molecule has 162 valence electrons. The van der Waals surface area contributed by atoms with Crippen LogP contribution in [0, 0.1) is 6.92 Å². The molecule has 0 amide bonds. The number of rotatable bonds is 8. The van der Waals surface area contributed by atoms with Crippen LogP contribution in [0.1, 0.15) is 43.5 Å². The minimum atomic E-state index is 0.449. The highest BCUT2D eigenvalue weighted by Gasteiger charge is 2.20.